The fourth-order valence-corrected chi connectivity index (χ4v) is 2.96. The topological polar surface area (TPSA) is 126 Å². The number of unbranched alkanes of at least 4 members (excludes halogenated alkanes) is 14. The minimum atomic E-state index is 1.00. The summed E-state index contributed by atoms with van der Waals surface area (Å²) in [6, 6.07) is 2.00. The normalized spacial score (nSPS) is 8.93. The molecule has 0 amide bonds. The molecule has 0 aromatic rings. The van der Waals surface area contributed by atoms with E-state index in [1.54, 1.807) is 0 Å². The largest absolute Gasteiger partial charge is 0.447 e. The van der Waals surface area contributed by atoms with E-state index in [1.807, 2.05) is 0 Å². The van der Waals surface area contributed by atoms with Gasteiger partial charge in [0, 0.05) is 0 Å². The van der Waals surface area contributed by atoms with Crippen LogP contribution in [0.5, 0.6) is 0 Å². The first-order valence-electron chi connectivity index (χ1n) is 12.3. The van der Waals surface area contributed by atoms with Crippen molar-refractivity contribution < 1.29 is 10.6 Å². The van der Waals surface area contributed by atoms with E-state index in [2.05, 4.69) is 38.6 Å². The molecule has 0 atom stereocenters. The van der Waals surface area contributed by atoms with Gasteiger partial charge in [0.2, 0.25) is 0 Å². The first-order chi connectivity index (χ1) is 14.7. The summed E-state index contributed by atoms with van der Waals surface area (Å²) in [5, 5.41) is 29.5. The van der Waals surface area contributed by atoms with E-state index in [-0.39, 0.29) is 0 Å². The van der Waals surface area contributed by atoms with Crippen LogP contribution in [0.15, 0.2) is 0 Å². The third-order valence-corrected chi connectivity index (χ3v) is 4.69. The van der Waals surface area contributed by atoms with Crippen LogP contribution < -0.4 is 10.6 Å². The van der Waals surface area contributed by atoms with Gasteiger partial charge in [-0.3, -0.25) is 0 Å². The highest BCUT2D eigenvalue weighted by molar-refractivity contribution is 5.39. The summed E-state index contributed by atoms with van der Waals surface area (Å²) in [5.74, 6) is 0. The maximum absolute atomic E-state index is 6.99. The summed E-state index contributed by atoms with van der Waals surface area (Å²) in [5.41, 5.74) is 0. The molecule has 0 aromatic carbocycles. The summed E-state index contributed by atoms with van der Waals surface area (Å²) in [7, 11) is 4.31. The fraction of sp³-hybridized carbons (Fsp3) is 0.917. The van der Waals surface area contributed by atoms with E-state index in [1.165, 1.54) is 116 Å². The Morgan fingerprint density at radius 1 is 0.500 bits per heavy atom. The zero-order valence-electron chi connectivity index (χ0n) is 20.8. The van der Waals surface area contributed by atoms with Crippen LogP contribution in [0.4, 0.5) is 0 Å². The highest BCUT2D eigenvalue weighted by Gasteiger charge is 1.91. The maximum Gasteiger partial charge on any atom is 0.0753 e. The van der Waals surface area contributed by atoms with E-state index in [0.717, 1.165) is 12.0 Å². The molecule has 6 nitrogen and oxygen atoms in total. The molecule has 0 aliphatic rings. The van der Waals surface area contributed by atoms with Gasteiger partial charge in [-0.2, -0.15) is 12.0 Å². The summed E-state index contributed by atoms with van der Waals surface area (Å²) in [6.45, 7) is 7.18. The second kappa shape index (κ2) is 46.1. The first kappa shape index (κ1) is 36.1. The van der Waals surface area contributed by atoms with Crippen molar-refractivity contribution >= 4 is 12.0 Å². The monoisotopic (exact) mass is 426 g/mol. The van der Waals surface area contributed by atoms with Crippen molar-refractivity contribution in [1.29, 1.82) is 10.8 Å². The molecule has 0 aromatic heterocycles. The molecule has 6 N–H and O–H groups in total. The molecule has 0 fully saturated rings. The lowest BCUT2D eigenvalue weighted by atomic mass is 10.1. The van der Waals surface area contributed by atoms with Crippen LogP contribution in [-0.2, 0) is 0 Å². The SMILES string of the molecule is CCCCCCCCCC[NH2+]C.CCCCCCCCCC[NH2+]C.[N-]=C=N.[N-]=C=N. The van der Waals surface area contributed by atoms with E-state index in [4.69, 9.17) is 21.6 Å². The van der Waals surface area contributed by atoms with E-state index in [9.17, 15) is 0 Å². The lowest BCUT2D eigenvalue weighted by Crippen LogP contribution is -2.79. The van der Waals surface area contributed by atoms with Gasteiger partial charge in [-0.1, -0.05) is 90.9 Å². The number of hydrogen-bond acceptors (Lipinski definition) is 2. The van der Waals surface area contributed by atoms with Crippen molar-refractivity contribution in [3.8, 4) is 0 Å². The Labute approximate surface area is 188 Å². The number of quaternary nitrogens is 2. The molecule has 0 heterocycles. The van der Waals surface area contributed by atoms with Crippen molar-refractivity contribution in [2.75, 3.05) is 27.2 Å². The van der Waals surface area contributed by atoms with Crippen molar-refractivity contribution in [3.63, 3.8) is 0 Å². The number of hydrogen-bond donors (Lipinski definition) is 4. The van der Waals surface area contributed by atoms with Gasteiger partial charge in [0.25, 0.3) is 0 Å². The van der Waals surface area contributed by atoms with Crippen LogP contribution in [0, 0.1) is 10.8 Å². The fourth-order valence-electron chi connectivity index (χ4n) is 2.96. The molecular weight excluding hydrogens is 372 g/mol. The molecule has 0 rings (SSSR count). The highest BCUT2D eigenvalue weighted by atomic mass is 14.8. The van der Waals surface area contributed by atoms with Crippen LogP contribution in [0.3, 0.4) is 0 Å². The number of nitrogens with one attached hydrogen (secondary N) is 2. The second-order valence-corrected chi connectivity index (χ2v) is 7.57. The Morgan fingerprint density at radius 3 is 0.900 bits per heavy atom. The smallest absolute Gasteiger partial charge is 0.0753 e. The van der Waals surface area contributed by atoms with Crippen molar-refractivity contribution in [2.24, 2.45) is 0 Å². The summed E-state index contributed by atoms with van der Waals surface area (Å²) in [4.78, 5) is 0. The zero-order valence-corrected chi connectivity index (χ0v) is 20.8. The van der Waals surface area contributed by atoms with Crippen molar-refractivity contribution in [2.45, 2.75) is 117 Å². The van der Waals surface area contributed by atoms with Gasteiger partial charge >= 0.3 is 0 Å². The Hall–Kier alpha value is -1.32. The van der Waals surface area contributed by atoms with E-state index < -0.39 is 0 Å². The predicted octanol–water partition coefficient (Wildman–Crippen LogP) is 5.26. The minimum absolute atomic E-state index is 1.00. The van der Waals surface area contributed by atoms with Crippen LogP contribution in [0.25, 0.3) is 10.8 Å². The van der Waals surface area contributed by atoms with Gasteiger partial charge in [0.1, 0.15) is 0 Å². The summed E-state index contributed by atoms with van der Waals surface area (Å²) >= 11 is 0. The lowest BCUT2D eigenvalue weighted by Gasteiger charge is -1.99. The molecule has 0 saturated carbocycles. The van der Waals surface area contributed by atoms with Gasteiger partial charge in [-0.05, 0) is 25.7 Å². The van der Waals surface area contributed by atoms with Gasteiger partial charge in [0.05, 0.1) is 27.2 Å². The maximum atomic E-state index is 6.99. The van der Waals surface area contributed by atoms with E-state index >= 15 is 0 Å². The average molecular weight is 427 g/mol. The van der Waals surface area contributed by atoms with Crippen LogP contribution in [0.2, 0.25) is 0 Å². The van der Waals surface area contributed by atoms with Crippen LogP contribution in [0.1, 0.15) is 117 Å². The molecule has 0 saturated heterocycles. The zero-order chi connectivity index (χ0) is 23.6. The minimum Gasteiger partial charge on any atom is -0.447 e. The molecule has 0 bridgehead atoms. The molecular formula is C24H54N6. The molecule has 0 unspecified atom stereocenters. The van der Waals surface area contributed by atoms with Gasteiger partial charge in [0.15, 0.2) is 0 Å². The summed E-state index contributed by atoms with van der Waals surface area (Å²) < 4.78 is 0. The predicted molar refractivity (Wildman–Crippen MR) is 133 cm³/mol. The highest BCUT2D eigenvalue weighted by Crippen LogP contribution is 2.08. The Balaban J connectivity index is -0.000000178. The van der Waals surface area contributed by atoms with Crippen LogP contribution >= 0.6 is 0 Å². The van der Waals surface area contributed by atoms with E-state index in [0.29, 0.717) is 0 Å². The second-order valence-electron chi connectivity index (χ2n) is 7.57. The quantitative estimate of drug-likeness (QED) is 0.169. The third kappa shape index (κ3) is 63.2. The molecule has 0 aliphatic carbocycles. The lowest BCUT2D eigenvalue weighted by molar-refractivity contribution is -0.627. The Kier molecular flexibility index (Phi) is 55.4. The van der Waals surface area contributed by atoms with Gasteiger partial charge in [-0.25, -0.2) is 0 Å². The van der Waals surface area contributed by atoms with Crippen molar-refractivity contribution in [1.82, 2.24) is 0 Å². The van der Waals surface area contributed by atoms with Crippen LogP contribution in [-0.4, -0.2) is 39.2 Å². The average Bonchev–Trinajstić information content (AvgIpc) is 2.74. The summed E-state index contributed by atoms with van der Waals surface area (Å²) in [6.07, 6.45) is 23.0. The number of rotatable bonds is 18. The van der Waals surface area contributed by atoms with Crippen molar-refractivity contribution in [3.05, 3.63) is 10.8 Å². The third-order valence-electron chi connectivity index (χ3n) is 4.69. The molecule has 6 heteroatoms. The van der Waals surface area contributed by atoms with Gasteiger partial charge < -0.3 is 32.3 Å². The molecule has 30 heavy (non-hydrogen) atoms. The van der Waals surface area contributed by atoms with Gasteiger partial charge in [-0.15, -0.1) is 0 Å². The molecule has 0 aliphatic heterocycles. The Bertz CT molecular complexity index is 270. The molecule has 180 valence electrons. The Morgan fingerprint density at radius 2 is 0.700 bits per heavy atom. The number of nitrogens with zero attached hydrogens (tertiary/aromatic N) is 2. The standard InChI is InChI=1S/2C11H25N.2CHN2/c2*1-3-4-5-6-7-8-9-10-11-12-2;2*2-1-3/h2*12H,3-11H2,1-2H3;2*2H/q;;2*-1/p+2. The molecule has 0 spiro atoms. The molecule has 0 radical (unpaired) electrons. The first-order valence-corrected chi connectivity index (χ1v) is 12.3. The number of nitrogens with two attached hydrogens (primary N) is 2.